The number of carbonyl (C=O) groups is 1. The average molecular weight is 551 g/mol. The number of hydrogen-bond donors (Lipinski definition) is 0. The molecule has 0 atom stereocenters. The van der Waals surface area contributed by atoms with Crippen molar-refractivity contribution >= 4 is 5.78 Å². The first-order valence-corrected chi connectivity index (χ1v) is 13.4. The van der Waals surface area contributed by atoms with E-state index in [1.54, 1.807) is 48.5 Å². The first-order chi connectivity index (χ1) is 20.7. The fraction of sp³-hybridized carbons (Fsp3) is 0. The van der Waals surface area contributed by atoms with E-state index in [1.807, 2.05) is 109 Å². The summed E-state index contributed by atoms with van der Waals surface area (Å²) in [5.41, 5.74) is 1.13. The first-order valence-electron chi connectivity index (χ1n) is 13.4. The molecule has 0 N–H and O–H groups in total. The predicted octanol–water partition coefficient (Wildman–Crippen LogP) is 10.1. The summed E-state index contributed by atoms with van der Waals surface area (Å²) < 4.78 is 23.5. The van der Waals surface area contributed by atoms with Crippen molar-refractivity contribution in [2.45, 2.75) is 0 Å². The van der Waals surface area contributed by atoms with E-state index in [4.69, 9.17) is 18.9 Å². The van der Waals surface area contributed by atoms with Crippen molar-refractivity contribution in [1.82, 2.24) is 0 Å². The van der Waals surface area contributed by atoms with Gasteiger partial charge in [0, 0.05) is 11.1 Å². The summed E-state index contributed by atoms with van der Waals surface area (Å²) in [4.78, 5) is 13.1. The van der Waals surface area contributed by atoms with Crippen LogP contribution in [0.3, 0.4) is 0 Å². The molecule has 6 rings (SSSR count). The monoisotopic (exact) mass is 550 g/mol. The second-order valence-corrected chi connectivity index (χ2v) is 9.36. The van der Waals surface area contributed by atoms with Crippen molar-refractivity contribution in [2.75, 3.05) is 0 Å². The van der Waals surface area contributed by atoms with Crippen LogP contribution in [0, 0.1) is 0 Å². The SMILES string of the molecule is O=C(c1ccc(Oc2ccc(Oc3ccccc3)cc2)cc1)c1ccc(Oc2ccc(Oc3ccccc3)cc2)cc1. The second kappa shape index (κ2) is 12.6. The van der Waals surface area contributed by atoms with E-state index in [0.29, 0.717) is 34.1 Å². The van der Waals surface area contributed by atoms with Gasteiger partial charge in [0.2, 0.25) is 0 Å². The Morgan fingerprint density at radius 2 is 0.500 bits per heavy atom. The van der Waals surface area contributed by atoms with E-state index < -0.39 is 0 Å². The first kappa shape index (κ1) is 26.4. The molecule has 0 heterocycles. The Hall–Kier alpha value is -5.81. The van der Waals surface area contributed by atoms with Crippen LogP contribution in [-0.4, -0.2) is 5.78 Å². The fourth-order valence-corrected chi connectivity index (χ4v) is 4.19. The number of hydrogen-bond acceptors (Lipinski definition) is 5. The van der Waals surface area contributed by atoms with Crippen molar-refractivity contribution in [2.24, 2.45) is 0 Å². The molecule has 0 aliphatic heterocycles. The predicted molar refractivity (Wildman–Crippen MR) is 162 cm³/mol. The number of benzene rings is 6. The Balaban J connectivity index is 1.03. The van der Waals surface area contributed by atoms with E-state index in [-0.39, 0.29) is 5.78 Å². The van der Waals surface area contributed by atoms with Crippen LogP contribution in [0.15, 0.2) is 158 Å². The fourth-order valence-electron chi connectivity index (χ4n) is 4.19. The molecule has 0 spiro atoms. The van der Waals surface area contributed by atoms with E-state index in [0.717, 1.165) is 23.0 Å². The number of rotatable bonds is 10. The topological polar surface area (TPSA) is 54.0 Å². The molecule has 0 bridgehead atoms. The largest absolute Gasteiger partial charge is 0.457 e. The zero-order valence-corrected chi connectivity index (χ0v) is 22.6. The summed E-state index contributed by atoms with van der Waals surface area (Å²) in [6.45, 7) is 0. The molecule has 0 amide bonds. The molecule has 0 aliphatic carbocycles. The highest BCUT2D eigenvalue weighted by molar-refractivity contribution is 6.09. The van der Waals surface area contributed by atoms with Crippen molar-refractivity contribution in [3.63, 3.8) is 0 Å². The van der Waals surface area contributed by atoms with Crippen molar-refractivity contribution in [3.05, 3.63) is 169 Å². The molecule has 0 aliphatic rings. The molecule has 5 heteroatoms. The molecule has 0 aromatic heterocycles. The zero-order chi connectivity index (χ0) is 28.6. The van der Waals surface area contributed by atoms with Crippen molar-refractivity contribution < 1.29 is 23.7 Å². The number of para-hydroxylation sites is 2. The van der Waals surface area contributed by atoms with E-state index >= 15 is 0 Å². The Morgan fingerprint density at radius 3 is 0.762 bits per heavy atom. The van der Waals surface area contributed by atoms with E-state index in [9.17, 15) is 4.79 Å². The molecule has 204 valence electrons. The zero-order valence-electron chi connectivity index (χ0n) is 22.6. The highest BCUT2D eigenvalue weighted by Gasteiger charge is 2.10. The highest BCUT2D eigenvalue weighted by Crippen LogP contribution is 2.29. The lowest BCUT2D eigenvalue weighted by atomic mass is 10.0. The Labute approximate surface area is 244 Å². The van der Waals surface area contributed by atoms with E-state index in [2.05, 4.69) is 0 Å². The van der Waals surface area contributed by atoms with Crippen LogP contribution in [0.4, 0.5) is 0 Å². The minimum Gasteiger partial charge on any atom is -0.457 e. The smallest absolute Gasteiger partial charge is 0.193 e. The Bertz CT molecular complexity index is 1600. The van der Waals surface area contributed by atoms with Crippen LogP contribution in [0.1, 0.15) is 15.9 Å². The summed E-state index contributed by atoms with van der Waals surface area (Å²) in [6, 6.07) is 48.1. The maximum atomic E-state index is 13.1. The average Bonchev–Trinajstić information content (AvgIpc) is 3.04. The maximum Gasteiger partial charge on any atom is 0.193 e. The molecule has 0 unspecified atom stereocenters. The molecule has 0 fully saturated rings. The molecule has 42 heavy (non-hydrogen) atoms. The third kappa shape index (κ3) is 6.84. The molecule has 0 saturated carbocycles. The lowest BCUT2D eigenvalue weighted by molar-refractivity contribution is 0.103. The van der Waals surface area contributed by atoms with Gasteiger partial charge >= 0.3 is 0 Å². The van der Waals surface area contributed by atoms with Gasteiger partial charge in [0.25, 0.3) is 0 Å². The summed E-state index contributed by atoms with van der Waals surface area (Å²) in [5.74, 6) is 5.50. The summed E-state index contributed by atoms with van der Waals surface area (Å²) in [6.07, 6.45) is 0. The third-order valence-electron chi connectivity index (χ3n) is 6.31. The van der Waals surface area contributed by atoms with Crippen LogP contribution < -0.4 is 18.9 Å². The molecule has 5 nitrogen and oxygen atoms in total. The van der Waals surface area contributed by atoms with Gasteiger partial charge < -0.3 is 18.9 Å². The standard InChI is InChI=1S/C37H26O5/c38-37(27-11-15-31(16-12-27)41-35-23-19-33(20-24-35)39-29-7-3-1-4-8-29)28-13-17-32(18-14-28)42-36-25-21-34(22-26-36)40-30-9-5-2-6-10-30/h1-26H. The second-order valence-electron chi connectivity index (χ2n) is 9.36. The van der Waals surface area contributed by atoms with Gasteiger partial charge in [-0.15, -0.1) is 0 Å². The van der Waals surface area contributed by atoms with Gasteiger partial charge in [0.05, 0.1) is 0 Å². The van der Waals surface area contributed by atoms with Gasteiger partial charge in [-0.25, -0.2) is 0 Å². The van der Waals surface area contributed by atoms with Crippen LogP contribution in [0.5, 0.6) is 46.0 Å². The molecule has 0 radical (unpaired) electrons. The van der Waals surface area contributed by atoms with Gasteiger partial charge in [0.15, 0.2) is 5.78 Å². The minimum atomic E-state index is -0.0853. The van der Waals surface area contributed by atoms with Crippen molar-refractivity contribution in [1.29, 1.82) is 0 Å². The third-order valence-corrected chi connectivity index (χ3v) is 6.31. The molecule has 6 aromatic rings. The minimum absolute atomic E-state index is 0.0853. The van der Waals surface area contributed by atoms with Crippen LogP contribution in [0.25, 0.3) is 0 Å². The van der Waals surface area contributed by atoms with Gasteiger partial charge in [0.1, 0.15) is 46.0 Å². The molecule has 0 saturated heterocycles. The number of carbonyl (C=O) groups excluding carboxylic acids is 1. The van der Waals surface area contributed by atoms with Crippen LogP contribution >= 0.6 is 0 Å². The normalized spacial score (nSPS) is 10.5. The van der Waals surface area contributed by atoms with Crippen LogP contribution in [-0.2, 0) is 0 Å². The molecular formula is C37H26O5. The maximum absolute atomic E-state index is 13.1. The lowest BCUT2D eigenvalue weighted by Crippen LogP contribution is -2.01. The summed E-state index contributed by atoms with van der Waals surface area (Å²) in [5, 5.41) is 0. The summed E-state index contributed by atoms with van der Waals surface area (Å²) >= 11 is 0. The number of ketones is 1. The van der Waals surface area contributed by atoms with Gasteiger partial charge in [-0.05, 0) is 121 Å². The highest BCUT2D eigenvalue weighted by atomic mass is 16.5. The quantitative estimate of drug-likeness (QED) is 0.159. The number of ether oxygens (including phenoxy) is 4. The van der Waals surface area contributed by atoms with E-state index in [1.165, 1.54) is 0 Å². The van der Waals surface area contributed by atoms with Gasteiger partial charge in [-0.1, -0.05) is 36.4 Å². The summed E-state index contributed by atoms with van der Waals surface area (Å²) in [7, 11) is 0. The molecular weight excluding hydrogens is 524 g/mol. The Kier molecular flexibility index (Phi) is 7.91. The van der Waals surface area contributed by atoms with Crippen LogP contribution in [0.2, 0.25) is 0 Å². The lowest BCUT2D eigenvalue weighted by Gasteiger charge is -2.10. The van der Waals surface area contributed by atoms with Gasteiger partial charge in [-0.3, -0.25) is 4.79 Å². The Morgan fingerprint density at radius 1 is 0.286 bits per heavy atom. The van der Waals surface area contributed by atoms with Gasteiger partial charge in [-0.2, -0.15) is 0 Å². The van der Waals surface area contributed by atoms with Crippen molar-refractivity contribution in [3.8, 4) is 46.0 Å². The molecule has 6 aromatic carbocycles.